The molecule has 0 saturated heterocycles. The smallest absolute Gasteiger partial charge is 0.460 e. The number of esters is 1. The molecular weight excluding hydrogens is 400 g/mol. The zero-order valence-corrected chi connectivity index (χ0v) is 15.3. The van der Waals surface area contributed by atoms with Crippen molar-refractivity contribution in [3.05, 3.63) is 88.6 Å². The molecule has 0 amide bonds. The molecule has 6 rings (SSSR count). The minimum atomic E-state index is -4.38. The summed E-state index contributed by atoms with van der Waals surface area (Å²) >= 11 is 0. The normalized spacial score (nSPS) is 27.6. The summed E-state index contributed by atoms with van der Waals surface area (Å²) in [5.41, 5.74) is -0.206. The molecule has 9 heteroatoms. The number of ether oxygens (including phenoxy) is 2. The second-order valence-electron chi connectivity index (χ2n) is 6.88. The average molecular weight is 410 g/mol. The predicted octanol–water partition coefficient (Wildman–Crippen LogP) is 2.08. The topological polar surface area (TPSA) is 105 Å². The maximum Gasteiger partial charge on any atom is 0.501 e. The number of rotatable bonds is 0. The summed E-state index contributed by atoms with van der Waals surface area (Å²) in [6, 6.07) is 13.6. The second-order valence-corrected chi connectivity index (χ2v) is 8.03. The molecule has 3 heterocycles. The number of carbonyl (C=O) groups is 2. The monoisotopic (exact) mass is 410 g/mol. The molecule has 0 radical (unpaired) electrons. The molecule has 3 aliphatic heterocycles. The van der Waals surface area contributed by atoms with Gasteiger partial charge in [-0.05, 0) is 12.1 Å². The van der Waals surface area contributed by atoms with E-state index in [0.717, 1.165) is 0 Å². The van der Waals surface area contributed by atoms with Crippen LogP contribution in [0.15, 0.2) is 71.9 Å². The van der Waals surface area contributed by atoms with E-state index in [1.807, 2.05) is 0 Å². The van der Waals surface area contributed by atoms with Crippen LogP contribution in [0.1, 0.15) is 21.5 Å². The number of carbonyl (C=O) groups excluding carboxylic acids is 2. The van der Waals surface area contributed by atoms with E-state index in [9.17, 15) is 18.0 Å². The van der Waals surface area contributed by atoms with Crippen molar-refractivity contribution >= 4 is 22.2 Å². The summed E-state index contributed by atoms with van der Waals surface area (Å²) < 4.78 is 44.8. The first-order valence-electron chi connectivity index (χ1n) is 8.65. The molecule has 0 saturated carbocycles. The summed E-state index contributed by atoms with van der Waals surface area (Å²) in [4.78, 5) is 26.1. The molecule has 144 valence electrons. The highest BCUT2D eigenvalue weighted by atomic mass is 32.3. The summed E-state index contributed by atoms with van der Waals surface area (Å²) in [6.07, 6.45) is 1.29. The van der Waals surface area contributed by atoms with Gasteiger partial charge in [0.2, 0.25) is 11.5 Å². The number of ketones is 1. The van der Waals surface area contributed by atoms with Crippen molar-refractivity contribution in [2.24, 2.45) is 5.92 Å². The van der Waals surface area contributed by atoms with Crippen molar-refractivity contribution in [2.45, 2.75) is 5.60 Å². The van der Waals surface area contributed by atoms with Gasteiger partial charge < -0.3 is 17.8 Å². The van der Waals surface area contributed by atoms with Crippen LogP contribution in [0.25, 0.3) is 0 Å². The van der Waals surface area contributed by atoms with Gasteiger partial charge in [-0.15, -0.1) is 8.42 Å². The third kappa shape index (κ3) is 1.94. The van der Waals surface area contributed by atoms with Gasteiger partial charge in [0.15, 0.2) is 11.4 Å². The Bertz CT molecular complexity index is 1320. The number of Topliss-reactive ketones (excluding diaryl/α,β-unsaturated/α-hetero) is 1. The minimum Gasteiger partial charge on any atom is -0.460 e. The van der Waals surface area contributed by atoms with Crippen LogP contribution < -0.4 is 4.74 Å². The molecule has 0 N–H and O–H groups in total. The Hall–Kier alpha value is -3.59. The van der Waals surface area contributed by atoms with E-state index >= 15 is 0 Å². The van der Waals surface area contributed by atoms with Crippen molar-refractivity contribution in [3.63, 3.8) is 0 Å². The molecule has 29 heavy (non-hydrogen) atoms. The van der Waals surface area contributed by atoms with Gasteiger partial charge in [0.1, 0.15) is 17.4 Å². The molecule has 2 atom stereocenters. The summed E-state index contributed by atoms with van der Waals surface area (Å²) in [6.45, 7) is 0. The molecule has 1 spiro atoms. The highest BCUT2D eigenvalue weighted by Gasteiger charge is 2.63. The lowest BCUT2D eigenvalue weighted by Gasteiger charge is -2.42. The van der Waals surface area contributed by atoms with Crippen LogP contribution in [0.4, 0.5) is 0 Å². The largest absolute Gasteiger partial charge is 0.501 e. The third-order valence-electron chi connectivity index (χ3n) is 5.37. The standard InChI is InChI=1S/C20H10O8S/c21-17-16-14(9-15-18(17)28-29(23,24)27-15)25-13-8-4-3-7-12(13)20(16)11-6-2-1-5-10(11)19(22)26-20/h1-9,16H. The van der Waals surface area contributed by atoms with E-state index in [4.69, 9.17) is 17.8 Å². The Morgan fingerprint density at radius 2 is 1.62 bits per heavy atom. The lowest BCUT2D eigenvalue weighted by atomic mass is 9.69. The summed E-state index contributed by atoms with van der Waals surface area (Å²) in [5.74, 6) is -2.68. The van der Waals surface area contributed by atoms with E-state index < -0.39 is 39.4 Å². The number of benzene rings is 2. The fourth-order valence-electron chi connectivity index (χ4n) is 4.31. The Balaban J connectivity index is 1.66. The van der Waals surface area contributed by atoms with Crippen molar-refractivity contribution in [2.75, 3.05) is 0 Å². The van der Waals surface area contributed by atoms with Crippen LogP contribution in [-0.2, 0) is 33.9 Å². The molecule has 8 nitrogen and oxygen atoms in total. The average Bonchev–Trinajstić information content (AvgIpc) is 3.16. The molecular formula is C20H10O8S. The van der Waals surface area contributed by atoms with E-state index in [-0.39, 0.29) is 11.5 Å². The Labute approximate surface area is 164 Å². The van der Waals surface area contributed by atoms with E-state index in [1.54, 1.807) is 48.5 Å². The fourth-order valence-corrected chi connectivity index (χ4v) is 5.05. The zero-order chi connectivity index (χ0) is 20.0. The molecule has 0 fully saturated rings. The highest BCUT2D eigenvalue weighted by molar-refractivity contribution is 7.82. The highest BCUT2D eigenvalue weighted by Crippen LogP contribution is 2.57. The van der Waals surface area contributed by atoms with Gasteiger partial charge in [0, 0.05) is 17.2 Å². The van der Waals surface area contributed by atoms with Crippen LogP contribution in [0, 0.1) is 5.92 Å². The van der Waals surface area contributed by atoms with E-state index in [1.165, 1.54) is 6.08 Å². The van der Waals surface area contributed by atoms with Gasteiger partial charge in [0.05, 0.1) is 5.56 Å². The Kier molecular flexibility index (Phi) is 2.86. The first kappa shape index (κ1) is 16.4. The van der Waals surface area contributed by atoms with Crippen LogP contribution >= 0.6 is 0 Å². The van der Waals surface area contributed by atoms with Crippen LogP contribution in [0.3, 0.4) is 0 Å². The summed E-state index contributed by atoms with van der Waals surface area (Å²) in [5, 5.41) is 0. The quantitative estimate of drug-likeness (QED) is 0.608. The van der Waals surface area contributed by atoms with Crippen molar-refractivity contribution in [1.82, 2.24) is 0 Å². The predicted molar refractivity (Wildman–Crippen MR) is 94.4 cm³/mol. The van der Waals surface area contributed by atoms with Crippen LogP contribution in [0.2, 0.25) is 0 Å². The molecule has 1 aliphatic carbocycles. The maximum absolute atomic E-state index is 13.4. The molecule has 2 aromatic carbocycles. The lowest BCUT2D eigenvalue weighted by Crippen LogP contribution is -2.48. The van der Waals surface area contributed by atoms with Crippen LogP contribution in [-0.4, -0.2) is 20.2 Å². The maximum atomic E-state index is 13.4. The molecule has 0 bridgehead atoms. The Morgan fingerprint density at radius 1 is 0.897 bits per heavy atom. The molecule has 2 unspecified atom stereocenters. The first-order valence-corrected chi connectivity index (χ1v) is 9.98. The first-order chi connectivity index (χ1) is 13.9. The van der Waals surface area contributed by atoms with Gasteiger partial charge in [-0.25, -0.2) is 4.79 Å². The van der Waals surface area contributed by atoms with E-state index in [2.05, 4.69) is 0 Å². The number of allylic oxidation sites excluding steroid dienone is 2. The summed E-state index contributed by atoms with van der Waals surface area (Å²) in [7, 11) is -4.38. The molecule has 4 aliphatic rings. The SMILES string of the molecule is O=C1OC2(c3ccccc3OC3=CC4=C(OS(=O)(=O)O4)C(=O)C32)c2ccccc21. The number of para-hydroxylation sites is 1. The minimum absolute atomic E-state index is 0.109. The van der Waals surface area contributed by atoms with Gasteiger partial charge in [0.25, 0.3) is 0 Å². The van der Waals surface area contributed by atoms with E-state index in [0.29, 0.717) is 22.4 Å². The molecule has 2 aromatic rings. The fraction of sp³-hybridized carbons (Fsp3) is 0.100. The second kappa shape index (κ2) is 5.06. The van der Waals surface area contributed by atoms with Crippen LogP contribution in [0.5, 0.6) is 5.75 Å². The number of hydrogen-bond acceptors (Lipinski definition) is 8. The van der Waals surface area contributed by atoms with Crippen molar-refractivity contribution in [3.8, 4) is 5.75 Å². The van der Waals surface area contributed by atoms with Gasteiger partial charge >= 0.3 is 16.4 Å². The lowest BCUT2D eigenvalue weighted by molar-refractivity contribution is -0.129. The van der Waals surface area contributed by atoms with Gasteiger partial charge in [-0.1, -0.05) is 36.4 Å². The third-order valence-corrected chi connectivity index (χ3v) is 6.12. The van der Waals surface area contributed by atoms with Crippen molar-refractivity contribution < 1.29 is 35.8 Å². The van der Waals surface area contributed by atoms with Crippen molar-refractivity contribution in [1.29, 1.82) is 0 Å². The Morgan fingerprint density at radius 3 is 2.45 bits per heavy atom. The number of fused-ring (bicyclic) bond motifs is 6. The van der Waals surface area contributed by atoms with Gasteiger partial charge in [-0.2, -0.15) is 0 Å². The zero-order valence-electron chi connectivity index (χ0n) is 14.4. The van der Waals surface area contributed by atoms with Gasteiger partial charge in [-0.3, -0.25) is 4.79 Å². The molecule has 0 aromatic heterocycles. The number of hydrogen-bond donors (Lipinski definition) is 0.